The van der Waals surface area contributed by atoms with Crippen molar-refractivity contribution in [1.29, 1.82) is 0 Å². The molecule has 118 valence electrons. The molecule has 1 fully saturated rings. The summed E-state index contributed by atoms with van der Waals surface area (Å²) in [5.74, 6) is 1.48. The van der Waals surface area contributed by atoms with E-state index in [4.69, 9.17) is 4.74 Å². The van der Waals surface area contributed by atoms with E-state index in [0.717, 1.165) is 24.4 Å². The molecule has 0 heterocycles. The second-order valence-electron chi connectivity index (χ2n) is 6.32. The summed E-state index contributed by atoms with van der Waals surface area (Å²) < 4.78 is 19.8. The van der Waals surface area contributed by atoms with Gasteiger partial charge < -0.3 is 10.1 Å². The fourth-order valence-corrected chi connectivity index (χ4v) is 3.38. The van der Waals surface area contributed by atoms with E-state index >= 15 is 0 Å². The largest absolute Gasteiger partial charge is 0.494 e. The van der Waals surface area contributed by atoms with Crippen molar-refractivity contribution in [2.75, 3.05) is 13.7 Å². The Kier molecular flexibility index (Phi) is 6.04. The molecule has 1 N–H and O–H groups in total. The molecule has 0 radical (unpaired) electrons. The Hall–Kier alpha value is -1.09. The monoisotopic (exact) mass is 293 g/mol. The smallest absolute Gasteiger partial charge is 0.169 e. The van der Waals surface area contributed by atoms with Gasteiger partial charge in [0, 0.05) is 11.6 Å². The Morgan fingerprint density at radius 2 is 2.00 bits per heavy atom. The zero-order valence-electron chi connectivity index (χ0n) is 13.5. The third-order valence-corrected chi connectivity index (χ3v) is 4.69. The summed E-state index contributed by atoms with van der Waals surface area (Å²) in [5.41, 5.74) is 0.766. The van der Waals surface area contributed by atoms with Crippen molar-refractivity contribution in [3.63, 3.8) is 0 Å². The molecule has 21 heavy (non-hydrogen) atoms. The van der Waals surface area contributed by atoms with E-state index in [1.54, 1.807) is 6.07 Å². The molecule has 0 spiro atoms. The molecule has 2 nitrogen and oxygen atoms in total. The van der Waals surface area contributed by atoms with Crippen LogP contribution in [0.2, 0.25) is 0 Å². The molecule has 0 aliphatic heterocycles. The first-order chi connectivity index (χ1) is 10.2. The summed E-state index contributed by atoms with van der Waals surface area (Å²) in [4.78, 5) is 0. The molecule has 1 aliphatic rings. The molecule has 1 atom stereocenters. The predicted octanol–water partition coefficient (Wildman–Crippen LogP) is 4.70. The zero-order valence-corrected chi connectivity index (χ0v) is 13.5. The molecule has 1 aromatic rings. The maximum Gasteiger partial charge on any atom is 0.169 e. The van der Waals surface area contributed by atoms with Crippen molar-refractivity contribution >= 4 is 0 Å². The minimum absolute atomic E-state index is 0.104. The normalized spacial score (nSPS) is 23.8. The molecule has 1 saturated carbocycles. The van der Waals surface area contributed by atoms with Crippen LogP contribution in [0.1, 0.15) is 57.6 Å². The van der Waals surface area contributed by atoms with Gasteiger partial charge in [-0.25, -0.2) is 4.39 Å². The van der Waals surface area contributed by atoms with E-state index in [1.165, 1.54) is 32.8 Å². The molecule has 0 amide bonds. The lowest BCUT2D eigenvalue weighted by atomic mass is 9.77. The number of hydrogen-bond donors (Lipinski definition) is 1. The van der Waals surface area contributed by atoms with Crippen LogP contribution in [0.3, 0.4) is 0 Å². The Morgan fingerprint density at radius 1 is 1.29 bits per heavy atom. The van der Waals surface area contributed by atoms with Crippen LogP contribution >= 0.6 is 0 Å². The average Bonchev–Trinajstić information content (AvgIpc) is 2.50. The van der Waals surface area contributed by atoms with E-state index in [1.807, 2.05) is 12.1 Å². The predicted molar refractivity (Wildman–Crippen MR) is 85.1 cm³/mol. The standard InChI is InChI=1S/C18H28FNO/c1-4-12-20-18(14-10-8-13(2)9-11-14)15-6-5-7-16(21-3)17(15)19/h5-7,13-14,18,20H,4,8-12H2,1-3H3. The summed E-state index contributed by atoms with van der Waals surface area (Å²) in [6, 6.07) is 5.60. The maximum atomic E-state index is 14.6. The highest BCUT2D eigenvalue weighted by molar-refractivity contribution is 5.33. The van der Waals surface area contributed by atoms with Gasteiger partial charge in [0.15, 0.2) is 11.6 Å². The van der Waals surface area contributed by atoms with Gasteiger partial charge >= 0.3 is 0 Å². The van der Waals surface area contributed by atoms with Gasteiger partial charge in [-0.15, -0.1) is 0 Å². The van der Waals surface area contributed by atoms with E-state index in [9.17, 15) is 4.39 Å². The average molecular weight is 293 g/mol. The molecular weight excluding hydrogens is 265 g/mol. The van der Waals surface area contributed by atoms with Crippen molar-refractivity contribution in [3.05, 3.63) is 29.6 Å². The van der Waals surface area contributed by atoms with Crippen LogP contribution in [0, 0.1) is 17.7 Å². The van der Waals surface area contributed by atoms with Crippen molar-refractivity contribution in [2.45, 2.75) is 52.0 Å². The summed E-state index contributed by atoms with van der Waals surface area (Å²) in [5, 5.41) is 3.57. The fourth-order valence-electron chi connectivity index (χ4n) is 3.38. The van der Waals surface area contributed by atoms with Gasteiger partial charge in [-0.1, -0.05) is 38.8 Å². The highest BCUT2D eigenvalue weighted by atomic mass is 19.1. The number of methoxy groups -OCH3 is 1. The molecular formula is C18H28FNO. The van der Waals surface area contributed by atoms with Crippen LogP contribution in [0.5, 0.6) is 5.75 Å². The minimum Gasteiger partial charge on any atom is -0.494 e. The SMILES string of the molecule is CCCNC(c1cccc(OC)c1F)C1CCC(C)CC1. The van der Waals surface area contributed by atoms with Gasteiger partial charge in [0.25, 0.3) is 0 Å². The highest BCUT2D eigenvalue weighted by Gasteiger charge is 2.29. The fraction of sp³-hybridized carbons (Fsp3) is 0.667. The quantitative estimate of drug-likeness (QED) is 0.820. The van der Waals surface area contributed by atoms with Crippen LogP contribution in [0.4, 0.5) is 4.39 Å². The number of nitrogens with one attached hydrogen (secondary N) is 1. The van der Waals surface area contributed by atoms with Gasteiger partial charge in [0.1, 0.15) is 0 Å². The van der Waals surface area contributed by atoms with Crippen LogP contribution in [-0.4, -0.2) is 13.7 Å². The van der Waals surface area contributed by atoms with Crippen LogP contribution in [0.15, 0.2) is 18.2 Å². The van der Waals surface area contributed by atoms with E-state index in [2.05, 4.69) is 19.2 Å². The first-order valence-corrected chi connectivity index (χ1v) is 8.23. The summed E-state index contributed by atoms with van der Waals surface area (Å²) in [6.45, 7) is 5.39. The van der Waals surface area contributed by atoms with Crippen LogP contribution in [-0.2, 0) is 0 Å². The molecule has 1 aliphatic carbocycles. The first kappa shape index (κ1) is 16.3. The van der Waals surface area contributed by atoms with Gasteiger partial charge in [-0.3, -0.25) is 0 Å². The lowest BCUT2D eigenvalue weighted by Gasteiger charge is -2.34. The maximum absolute atomic E-state index is 14.6. The van der Waals surface area contributed by atoms with E-state index < -0.39 is 0 Å². The Bertz CT molecular complexity index is 441. The number of rotatable bonds is 6. The van der Waals surface area contributed by atoms with Gasteiger partial charge in [0.2, 0.25) is 0 Å². The summed E-state index contributed by atoms with van der Waals surface area (Å²) >= 11 is 0. The van der Waals surface area contributed by atoms with Gasteiger partial charge in [-0.05, 0) is 43.7 Å². The third-order valence-electron chi connectivity index (χ3n) is 4.69. The molecule has 2 rings (SSSR count). The second kappa shape index (κ2) is 7.79. The molecule has 0 bridgehead atoms. The lowest BCUT2D eigenvalue weighted by Crippen LogP contribution is -2.32. The summed E-state index contributed by atoms with van der Waals surface area (Å²) in [6.07, 6.45) is 5.92. The summed E-state index contributed by atoms with van der Waals surface area (Å²) in [7, 11) is 1.53. The van der Waals surface area contributed by atoms with Crippen molar-refractivity contribution in [3.8, 4) is 5.75 Å². The van der Waals surface area contributed by atoms with E-state index in [-0.39, 0.29) is 11.9 Å². The Morgan fingerprint density at radius 3 is 2.62 bits per heavy atom. The topological polar surface area (TPSA) is 21.3 Å². The van der Waals surface area contributed by atoms with E-state index in [0.29, 0.717) is 11.7 Å². The molecule has 1 unspecified atom stereocenters. The number of ether oxygens (including phenoxy) is 1. The molecule has 3 heteroatoms. The van der Waals surface area contributed by atoms with Gasteiger partial charge in [-0.2, -0.15) is 0 Å². The third kappa shape index (κ3) is 3.97. The van der Waals surface area contributed by atoms with Crippen LogP contribution < -0.4 is 10.1 Å². The van der Waals surface area contributed by atoms with Gasteiger partial charge in [0.05, 0.1) is 7.11 Å². The van der Waals surface area contributed by atoms with Crippen LogP contribution in [0.25, 0.3) is 0 Å². The molecule has 1 aromatic carbocycles. The molecule has 0 saturated heterocycles. The minimum atomic E-state index is -0.202. The highest BCUT2D eigenvalue weighted by Crippen LogP contribution is 2.38. The molecule has 0 aromatic heterocycles. The van der Waals surface area contributed by atoms with Crippen molar-refractivity contribution in [1.82, 2.24) is 5.32 Å². The zero-order chi connectivity index (χ0) is 15.2. The first-order valence-electron chi connectivity index (χ1n) is 8.23. The second-order valence-corrected chi connectivity index (χ2v) is 6.32. The number of hydrogen-bond acceptors (Lipinski definition) is 2. The lowest BCUT2D eigenvalue weighted by molar-refractivity contribution is 0.227. The number of halogens is 1. The Balaban J connectivity index is 2.23. The number of benzene rings is 1. The van der Waals surface area contributed by atoms with Crippen molar-refractivity contribution < 1.29 is 9.13 Å². The Labute approximate surface area is 128 Å². The van der Waals surface area contributed by atoms with Crippen molar-refractivity contribution in [2.24, 2.45) is 11.8 Å².